The maximum atomic E-state index is 12.2. The van der Waals surface area contributed by atoms with Crippen molar-refractivity contribution in [2.24, 2.45) is 5.92 Å². The second-order valence-electron chi connectivity index (χ2n) is 6.02. The maximum absolute atomic E-state index is 12.2. The second-order valence-corrected chi connectivity index (χ2v) is 6.43. The van der Waals surface area contributed by atoms with E-state index in [1.807, 2.05) is 20.8 Å². The van der Waals surface area contributed by atoms with E-state index in [1.54, 1.807) is 25.2 Å². The van der Waals surface area contributed by atoms with Crippen molar-refractivity contribution in [3.63, 3.8) is 0 Å². The third kappa shape index (κ3) is 16.4. The van der Waals surface area contributed by atoms with Gasteiger partial charge < -0.3 is 15.1 Å². The van der Waals surface area contributed by atoms with Crippen LogP contribution in [0.2, 0.25) is 0 Å². The summed E-state index contributed by atoms with van der Waals surface area (Å²) in [5, 5.41) is 2.89. The summed E-state index contributed by atoms with van der Waals surface area (Å²) in [6.07, 6.45) is 5.02. The molecule has 5 nitrogen and oxygen atoms in total. The molecule has 0 saturated heterocycles. The Bertz CT molecular complexity index is 729. The second kappa shape index (κ2) is 19.1. The lowest BCUT2D eigenvalue weighted by molar-refractivity contribution is -0.110. The van der Waals surface area contributed by atoms with Crippen LogP contribution in [0.4, 0.5) is 10.1 Å². The fourth-order valence-corrected chi connectivity index (χ4v) is 2.30. The van der Waals surface area contributed by atoms with E-state index in [0.717, 1.165) is 43.4 Å². The molecule has 2 rings (SSSR count). The van der Waals surface area contributed by atoms with Crippen LogP contribution in [-0.2, 0) is 11.2 Å². The zero-order chi connectivity index (χ0) is 22.7. The first kappa shape index (κ1) is 28.9. The highest BCUT2D eigenvalue weighted by molar-refractivity contribution is 7.71. The monoisotopic (exact) mass is 425 g/mol. The number of hydrogen-bond donors (Lipinski definition) is 3. The number of aryl methyl sites for hydroxylation is 1. The van der Waals surface area contributed by atoms with E-state index in [4.69, 9.17) is 12.2 Å². The molecule has 1 unspecified atom stereocenters. The van der Waals surface area contributed by atoms with Gasteiger partial charge in [0, 0.05) is 30.4 Å². The lowest BCUT2D eigenvalue weighted by Crippen LogP contribution is -2.08. The van der Waals surface area contributed by atoms with Crippen molar-refractivity contribution in [2.75, 3.05) is 12.4 Å². The van der Waals surface area contributed by atoms with Gasteiger partial charge in [0.05, 0.1) is 0 Å². The molecule has 7 heteroatoms. The van der Waals surface area contributed by atoms with Crippen molar-refractivity contribution >= 4 is 24.2 Å². The minimum Gasteiger partial charge on any atom is -0.388 e. The predicted octanol–water partition coefficient (Wildman–Crippen LogP) is 5.90. The highest BCUT2D eigenvalue weighted by Gasteiger charge is 1.93. The SMILES string of the molecule is CC.CCCC(C)C=O.CCCc1cc(=O)[nH]c(=S)[nH]1.CNc1ccc(F)cc1. The number of H-pyrrole nitrogens is 2. The van der Waals surface area contributed by atoms with E-state index in [-0.39, 0.29) is 17.3 Å². The molecule has 0 radical (unpaired) electrons. The lowest BCUT2D eigenvalue weighted by atomic mass is 10.1. The number of carbonyl (C=O) groups excluding carboxylic acids is 1. The summed E-state index contributed by atoms with van der Waals surface area (Å²) in [4.78, 5) is 26.1. The number of rotatable bonds is 6. The van der Waals surface area contributed by atoms with Crippen LogP contribution in [0.15, 0.2) is 35.1 Å². The summed E-state index contributed by atoms with van der Waals surface area (Å²) in [6, 6.07) is 7.77. The van der Waals surface area contributed by atoms with Gasteiger partial charge in [-0.05, 0) is 49.3 Å². The number of carbonyl (C=O) groups is 1. The number of halogens is 1. The van der Waals surface area contributed by atoms with E-state index >= 15 is 0 Å². The molecule has 0 aliphatic rings. The Hall–Kier alpha value is -2.28. The molecule has 1 aromatic carbocycles. The summed E-state index contributed by atoms with van der Waals surface area (Å²) in [7, 11) is 1.80. The quantitative estimate of drug-likeness (QED) is 0.398. The molecule has 29 heavy (non-hydrogen) atoms. The van der Waals surface area contributed by atoms with E-state index in [2.05, 4.69) is 29.1 Å². The van der Waals surface area contributed by atoms with Crippen molar-refractivity contribution < 1.29 is 9.18 Å². The minimum absolute atomic E-state index is 0.128. The first-order valence-electron chi connectivity index (χ1n) is 10.1. The molecule has 0 aliphatic carbocycles. The van der Waals surface area contributed by atoms with Gasteiger partial charge >= 0.3 is 0 Å². The number of anilines is 1. The summed E-state index contributed by atoms with van der Waals surface area (Å²) in [5.74, 6) is 0.0685. The summed E-state index contributed by atoms with van der Waals surface area (Å²) < 4.78 is 12.6. The summed E-state index contributed by atoms with van der Waals surface area (Å²) in [5.41, 5.74) is 1.70. The van der Waals surface area contributed by atoms with Gasteiger partial charge in [-0.1, -0.05) is 47.5 Å². The van der Waals surface area contributed by atoms with Gasteiger partial charge in [0.2, 0.25) is 0 Å². The minimum atomic E-state index is -0.200. The van der Waals surface area contributed by atoms with Crippen molar-refractivity contribution in [1.82, 2.24) is 9.97 Å². The number of aromatic amines is 2. The van der Waals surface area contributed by atoms with Crippen LogP contribution >= 0.6 is 12.2 Å². The molecule has 0 fully saturated rings. The molecule has 164 valence electrons. The van der Waals surface area contributed by atoms with E-state index < -0.39 is 0 Å². The maximum Gasteiger partial charge on any atom is 0.251 e. The van der Waals surface area contributed by atoms with Crippen LogP contribution in [-0.4, -0.2) is 23.3 Å². The van der Waals surface area contributed by atoms with Crippen LogP contribution in [0.1, 0.15) is 59.6 Å². The van der Waals surface area contributed by atoms with Gasteiger partial charge in [0.15, 0.2) is 4.77 Å². The molecule has 0 spiro atoms. The Balaban J connectivity index is 0. The Morgan fingerprint density at radius 3 is 2.10 bits per heavy atom. The van der Waals surface area contributed by atoms with Gasteiger partial charge in [0.25, 0.3) is 5.56 Å². The van der Waals surface area contributed by atoms with Gasteiger partial charge in [0.1, 0.15) is 12.1 Å². The van der Waals surface area contributed by atoms with Crippen LogP contribution in [0, 0.1) is 16.5 Å². The third-order valence-electron chi connectivity index (χ3n) is 3.44. The fraction of sp³-hybridized carbons (Fsp3) is 0.500. The van der Waals surface area contributed by atoms with E-state index in [0.29, 0.717) is 4.77 Å². The molecular formula is C22H36FN3O2S. The zero-order valence-electron chi connectivity index (χ0n) is 18.5. The molecule has 1 aromatic heterocycles. The van der Waals surface area contributed by atoms with Crippen LogP contribution in [0.5, 0.6) is 0 Å². The standard InChI is InChI=1S/C7H8FN.C7H10N2OS.C6H12O.C2H6/c1-9-7-4-2-6(8)3-5-7;1-2-3-5-4-6(10)9-7(11)8-5;1-3-4-6(2)5-7;1-2/h2-5,9H,1H3;4H,2-3H2,1H3,(H2,8,9,10,11);5-6H,3-4H2,1-2H3;1-2H3. The number of benzene rings is 1. The zero-order valence-corrected chi connectivity index (χ0v) is 19.3. The number of hydrogen-bond acceptors (Lipinski definition) is 4. The van der Waals surface area contributed by atoms with Crippen LogP contribution in [0.25, 0.3) is 0 Å². The molecule has 2 aromatic rings. The first-order chi connectivity index (χ1) is 13.9. The molecule has 1 heterocycles. The average Bonchev–Trinajstić information content (AvgIpc) is 2.71. The normalized spacial score (nSPS) is 10.0. The van der Waals surface area contributed by atoms with Crippen molar-refractivity contribution in [1.29, 1.82) is 0 Å². The van der Waals surface area contributed by atoms with E-state index in [9.17, 15) is 14.0 Å². The van der Waals surface area contributed by atoms with Gasteiger partial charge in [-0.15, -0.1) is 0 Å². The molecule has 0 aliphatic heterocycles. The van der Waals surface area contributed by atoms with Gasteiger partial charge in [-0.3, -0.25) is 9.78 Å². The lowest BCUT2D eigenvalue weighted by Gasteiger charge is -1.95. The third-order valence-corrected chi connectivity index (χ3v) is 3.65. The van der Waals surface area contributed by atoms with Crippen molar-refractivity contribution in [2.45, 2.75) is 60.3 Å². The molecule has 0 bridgehead atoms. The topological polar surface area (TPSA) is 77.8 Å². The predicted molar refractivity (Wildman–Crippen MR) is 124 cm³/mol. The average molecular weight is 426 g/mol. The molecule has 3 N–H and O–H groups in total. The van der Waals surface area contributed by atoms with Gasteiger partial charge in [-0.2, -0.15) is 0 Å². The summed E-state index contributed by atoms with van der Waals surface area (Å²) >= 11 is 4.79. The highest BCUT2D eigenvalue weighted by Crippen LogP contribution is 2.05. The van der Waals surface area contributed by atoms with Crippen molar-refractivity contribution in [3.8, 4) is 0 Å². The number of nitrogens with one attached hydrogen (secondary N) is 3. The highest BCUT2D eigenvalue weighted by atomic mass is 32.1. The fourth-order valence-electron chi connectivity index (χ4n) is 2.06. The van der Waals surface area contributed by atoms with E-state index in [1.165, 1.54) is 12.1 Å². The molecule has 1 atom stereocenters. The number of aldehydes is 1. The Kier molecular flexibility index (Phi) is 19.0. The van der Waals surface area contributed by atoms with Gasteiger partial charge in [-0.25, -0.2) is 4.39 Å². The smallest absolute Gasteiger partial charge is 0.251 e. The first-order valence-corrected chi connectivity index (χ1v) is 10.5. The summed E-state index contributed by atoms with van der Waals surface area (Å²) in [6.45, 7) is 10.1. The number of aromatic nitrogens is 2. The molecular weight excluding hydrogens is 389 g/mol. The molecule has 0 amide bonds. The Morgan fingerprint density at radius 1 is 1.14 bits per heavy atom. The van der Waals surface area contributed by atoms with Crippen LogP contribution in [0.3, 0.4) is 0 Å². The van der Waals surface area contributed by atoms with Crippen molar-refractivity contribution in [3.05, 3.63) is 57.0 Å². The molecule has 0 saturated carbocycles. The Morgan fingerprint density at radius 2 is 1.72 bits per heavy atom. The Labute approximate surface area is 179 Å². The largest absolute Gasteiger partial charge is 0.388 e. The van der Waals surface area contributed by atoms with Crippen LogP contribution < -0.4 is 10.9 Å².